The van der Waals surface area contributed by atoms with Crippen molar-refractivity contribution in [2.75, 3.05) is 16.9 Å². The van der Waals surface area contributed by atoms with Gasteiger partial charge in [-0.2, -0.15) is 0 Å². The van der Waals surface area contributed by atoms with E-state index in [1.807, 2.05) is 0 Å². The van der Waals surface area contributed by atoms with Crippen LogP contribution in [0.3, 0.4) is 0 Å². The van der Waals surface area contributed by atoms with E-state index in [1.165, 1.54) is 4.90 Å². The van der Waals surface area contributed by atoms with Crippen LogP contribution >= 0.6 is 0 Å². The van der Waals surface area contributed by atoms with E-state index in [0.29, 0.717) is 11.5 Å². The number of amides is 1. The molecule has 62 valence electrons. The van der Waals surface area contributed by atoms with Gasteiger partial charge in [-0.3, -0.25) is 4.90 Å². The SMILES string of the molecule is O=C(O)N1CNc2ncccc21. The maximum absolute atomic E-state index is 10.6. The zero-order valence-corrected chi connectivity index (χ0v) is 6.19. The van der Waals surface area contributed by atoms with Crippen LogP contribution in [0.25, 0.3) is 0 Å². The Kier molecular flexibility index (Phi) is 1.36. The number of rotatable bonds is 0. The summed E-state index contributed by atoms with van der Waals surface area (Å²) in [6.07, 6.45) is 0.659. The summed E-state index contributed by atoms with van der Waals surface area (Å²) >= 11 is 0. The third-order valence-electron chi connectivity index (χ3n) is 1.71. The van der Waals surface area contributed by atoms with Gasteiger partial charge in [-0.1, -0.05) is 0 Å². The first-order chi connectivity index (χ1) is 5.79. The predicted molar refractivity (Wildman–Crippen MR) is 43.2 cm³/mol. The monoisotopic (exact) mass is 165 g/mol. The van der Waals surface area contributed by atoms with E-state index in [0.717, 1.165) is 0 Å². The Morgan fingerprint density at radius 1 is 1.75 bits per heavy atom. The van der Waals surface area contributed by atoms with Crippen LogP contribution in [0.1, 0.15) is 0 Å². The number of hydrogen-bond donors (Lipinski definition) is 2. The van der Waals surface area contributed by atoms with E-state index >= 15 is 0 Å². The lowest BCUT2D eigenvalue weighted by Crippen LogP contribution is -2.28. The quantitative estimate of drug-likeness (QED) is 0.600. The van der Waals surface area contributed by atoms with Crippen LogP contribution in [0.4, 0.5) is 16.3 Å². The summed E-state index contributed by atoms with van der Waals surface area (Å²) in [6, 6.07) is 3.43. The molecule has 5 heteroatoms. The van der Waals surface area contributed by atoms with Crippen LogP contribution in [0, 0.1) is 0 Å². The molecule has 0 aromatic carbocycles. The van der Waals surface area contributed by atoms with E-state index in [1.54, 1.807) is 18.3 Å². The molecule has 0 aliphatic carbocycles. The maximum Gasteiger partial charge on any atom is 0.413 e. The first kappa shape index (κ1) is 6.90. The Bertz CT molecular complexity index is 326. The van der Waals surface area contributed by atoms with Gasteiger partial charge in [-0.25, -0.2) is 9.78 Å². The summed E-state index contributed by atoms with van der Waals surface area (Å²) in [5.74, 6) is 0.625. The molecule has 1 aliphatic heterocycles. The molecular weight excluding hydrogens is 158 g/mol. The van der Waals surface area contributed by atoms with Crippen LogP contribution in [0.15, 0.2) is 18.3 Å². The Morgan fingerprint density at radius 2 is 2.58 bits per heavy atom. The minimum Gasteiger partial charge on any atom is -0.465 e. The highest BCUT2D eigenvalue weighted by molar-refractivity contribution is 5.92. The van der Waals surface area contributed by atoms with Crippen molar-refractivity contribution >= 4 is 17.6 Å². The van der Waals surface area contributed by atoms with Crippen LogP contribution in [0.2, 0.25) is 0 Å². The third kappa shape index (κ3) is 0.868. The van der Waals surface area contributed by atoms with Crippen molar-refractivity contribution in [3.63, 3.8) is 0 Å². The first-order valence-corrected chi connectivity index (χ1v) is 3.48. The molecule has 1 aliphatic rings. The molecule has 0 bridgehead atoms. The fourth-order valence-electron chi connectivity index (χ4n) is 1.16. The van der Waals surface area contributed by atoms with Gasteiger partial charge in [0.1, 0.15) is 6.67 Å². The Hall–Kier alpha value is -1.78. The molecule has 12 heavy (non-hydrogen) atoms. The van der Waals surface area contributed by atoms with E-state index < -0.39 is 6.09 Å². The summed E-state index contributed by atoms with van der Waals surface area (Å²) in [6.45, 7) is 0.279. The molecule has 2 heterocycles. The lowest BCUT2D eigenvalue weighted by molar-refractivity contribution is 0.202. The largest absolute Gasteiger partial charge is 0.465 e. The van der Waals surface area contributed by atoms with E-state index in [9.17, 15) is 4.79 Å². The number of nitrogens with zero attached hydrogens (tertiary/aromatic N) is 2. The van der Waals surface area contributed by atoms with Gasteiger partial charge in [0.2, 0.25) is 0 Å². The van der Waals surface area contributed by atoms with Gasteiger partial charge >= 0.3 is 6.09 Å². The molecular formula is C7H7N3O2. The minimum atomic E-state index is -0.964. The molecule has 0 fully saturated rings. The summed E-state index contributed by atoms with van der Waals surface area (Å²) in [5.41, 5.74) is 0.616. The summed E-state index contributed by atoms with van der Waals surface area (Å²) in [7, 11) is 0. The zero-order chi connectivity index (χ0) is 8.55. The number of nitrogens with one attached hydrogen (secondary N) is 1. The van der Waals surface area contributed by atoms with Crippen molar-refractivity contribution < 1.29 is 9.90 Å². The first-order valence-electron chi connectivity index (χ1n) is 3.48. The van der Waals surface area contributed by atoms with Crippen LogP contribution in [-0.2, 0) is 0 Å². The Labute approximate surface area is 68.6 Å². The van der Waals surface area contributed by atoms with E-state index in [2.05, 4.69) is 10.3 Å². The van der Waals surface area contributed by atoms with Crippen LogP contribution in [-0.4, -0.2) is 22.9 Å². The Morgan fingerprint density at radius 3 is 3.33 bits per heavy atom. The maximum atomic E-state index is 10.6. The lowest BCUT2D eigenvalue weighted by atomic mass is 10.4. The number of aromatic nitrogens is 1. The topological polar surface area (TPSA) is 65.5 Å². The highest BCUT2D eigenvalue weighted by Crippen LogP contribution is 2.27. The van der Waals surface area contributed by atoms with Crippen molar-refractivity contribution in [3.05, 3.63) is 18.3 Å². The highest BCUT2D eigenvalue weighted by Gasteiger charge is 2.23. The Balaban J connectivity index is 2.42. The molecule has 0 saturated heterocycles. The van der Waals surface area contributed by atoms with Gasteiger partial charge in [0.05, 0.1) is 5.69 Å². The number of hydrogen-bond acceptors (Lipinski definition) is 3. The normalized spacial score (nSPS) is 13.8. The van der Waals surface area contributed by atoms with Gasteiger partial charge in [-0.05, 0) is 12.1 Å². The lowest BCUT2D eigenvalue weighted by Gasteiger charge is -2.09. The average Bonchev–Trinajstić information content (AvgIpc) is 2.47. The van der Waals surface area contributed by atoms with Gasteiger partial charge in [-0.15, -0.1) is 0 Å². The van der Waals surface area contributed by atoms with Crippen molar-refractivity contribution in [1.29, 1.82) is 0 Å². The van der Waals surface area contributed by atoms with Gasteiger partial charge in [0.25, 0.3) is 0 Å². The van der Waals surface area contributed by atoms with E-state index in [4.69, 9.17) is 5.11 Å². The summed E-state index contributed by atoms with van der Waals surface area (Å²) in [5, 5.41) is 11.6. The average molecular weight is 165 g/mol. The molecule has 0 saturated carbocycles. The van der Waals surface area contributed by atoms with E-state index in [-0.39, 0.29) is 6.67 Å². The number of carboxylic acid groups (broad SMARTS) is 1. The fourth-order valence-corrected chi connectivity index (χ4v) is 1.16. The standard InChI is InChI=1S/C7H7N3O2/c11-7(12)10-4-9-6-5(10)2-1-3-8-6/h1-3H,4H2,(H,8,9)(H,11,12). The van der Waals surface area contributed by atoms with Crippen molar-refractivity contribution in [3.8, 4) is 0 Å². The second kappa shape index (κ2) is 2.37. The van der Waals surface area contributed by atoms with Crippen LogP contribution < -0.4 is 10.2 Å². The minimum absolute atomic E-state index is 0.279. The number of carbonyl (C=O) groups is 1. The molecule has 2 rings (SSSR count). The number of fused-ring (bicyclic) bond motifs is 1. The van der Waals surface area contributed by atoms with Crippen molar-refractivity contribution in [1.82, 2.24) is 4.98 Å². The zero-order valence-electron chi connectivity index (χ0n) is 6.19. The molecule has 0 radical (unpaired) electrons. The summed E-state index contributed by atoms with van der Waals surface area (Å²) < 4.78 is 0. The molecule has 1 amide bonds. The number of anilines is 2. The third-order valence-corrected chi connectivity index (χ3v) is 1.71. The van der Waals surface area contributed by atoms with Crippen molar-refractivity contribution in [2.45, 2.75) is 0 Å². The number of pyridine rings is 1. The molecule has 1 aromatic heterocycles. The van der Waals surface area contributed by atoms with Crippen molar-refractivity contribution in [2.24, 2.45) is 0 Å². The molecule has 0 spiro atoms. The van der Waals surface area contributed by atoms with Gasteiger partial charge in [0.15, 0.2) is 5.82 Å². The predicted octanol–water partition coefficient (Wildman–Crippen LogP) is 0.949. The second-order valence-electron chi connectivity index (χ2n) is 2.42. The molecule has 5 nitrogen and oxygen atoms in total. The smallest absolute Gasteiger partial charge is 0.413 e. The highest BCUT2D eigenvalue weighted by atomic mass is 16.4. The molecule has 0 unspecified atom stereocenters. The second-order valence-corrected chi connectivity index (χ2v) is 2.42. The molecule has 0 atom stereocenters. The molecule has 1 aromatic rings. The fraction of sp³-hybridized carbons (Fsp3) is 0.143. The van der Waals surface area contributed by atoms with Crippen LogP contribution in [0.5, 0.6) is 0 Å². The van der Waals surface area contributed by atoms with Gasteiger partial charge in [0, 0.05) is 6.20 Å². The summed E-state index contributed by atoms with van der Waals surface area (Å²) in [4.78, 5) is 15.8. The van der Waals surface area contributed by atoms with Gasteiger partial charge < -0.3 is 10.4 Å². The molecule has 2 N–H and O–H groups in total.